The van der Waals surface area contributed by atoms with E-state index in [9.17, 15) is 4.79 Å². The Hall–Kier alpha value is -1.06. The largest absolute Gasteiger partial charge is 0.308 e. The summed E-state index contributed by atoms with van der Waals surface area (Å²) in [6.07, 6.45) is 6.29. The van der Waals surface area contributed by atoms with E-state index >= 15 is 0 Å². The third kappa shape index (κ3) is 4.23. The molecule has 0 bridgehead atoms. The van der Waals surface area contributed by atoms with Gasteiger partial charge in [-0.1, -0.05) is 37.5 Å². The van der Waals surface area contributed by atoms with Crippen LogP contribution in [0.1, 0.15) is 38.5 Å². The van der Waals surface area contributed by atoms with Crippen molar-refractivity contribution in [1.29, 1.82) is 0 Å². The van der Waals surface area contributed by atoms with Gasteiger partial charge in [0.25, 0.3) is 0 Å². The van der Waals surface area contributed by atoms with Crippen molar-refractivity contribution >= 4 is 23.2 Å². The Balaban J connectivity index is 2.34. The van der Waals surface area contributed by atoms with E-state index in [4.69, 9.17) is 11.6 Å². The number of rotatable bonds is 5. The van der Waals surface area contributed by atoms with Gasteiger partial charge in [0.05, 0.1) is 6.04 Å². The average Bonchev–Trinajstić information content (AvgIpc) is 2.75. The number of halogens is 1. The first-order chi connectivity index (χ1) is 10.6. The Labute approximate surface area is 139 Å². The number of alkyl halides is 1. The van der Waals surface area contributed by atoms with Crippen molar-refractivity contribution in [3.8, 4) is 0 Å². The topological polar surface area (TPSA) is 23.6 Å². The van der Waals surface area contributed by atoms with Crippen molar-refractivity contribution in [2.75, 3.05) is 24.9 Å². The number of carbonyl (C=O) groups is 1. The number of nitrogens with zero attached hydrogens (tertiary/aromatic N) is 2. The summed E-state index contributed by atoms with van der Waals surface area (Å²) in [6.45, 7) is 0. The Morgan fingerprint density at radius 2 is 1.73 bits per heavy atom. The maximum Gasteiger partial charge on any atom is 0.228 e. The molecule has 0 aromatic heterocycles. The highest BCUT2D eigenvalue weighted by Crippen LogP contribution is 2.29. The number of likely N-dealkylation sites (N-methyl/N-ethyl adjacent to an activating group) is 1. The van der Waals surface area contributed by atoms with Crippen LogP contribution in [0.3, 0.4) is 0 Å². The van der Waals surface area contributed by atoms with Gasteiger partial charge in [0.15, 0.2) is 0 Å². The zero-order chi connectivity index (χ0) is 15.9. The molecule has 2 atom stereocenters. The minimum Gasteiger partial charge on any atom is -0.308 e. The molecule has 1 aliphatic carbocycles. The van der Waals surface area contributed by atoms with Crippen LogP contribution in [0.5, 0.6) is 0 Å². The highest BCUT2D eigenvalue weighted by molar-refractivity contribution is 6.19. The van der Waals surface area contributed by atoms with Gasteiger partial charge >= 0.3 is 0 Å². The lowest BCUT2D eigenvalue weighted by molar-refractivity contribution is -0.119. The Kier molecular flexibility index (Phi) is 6.71. The highest BCUT2D eigenvalue weighted by atomic mass is 35.5. The molecule has 2 rings (SSSR count). The molecule has 1 aromatic carbocycles. The molecule has 0 unspecified atom stereocenters. The van der Waals surface area contributed by atoms with Gasteiger partial charge in [-0.2, -0.15) is 0 Å². The van der Waals surface area contributed by atoms with Gasteiger partial charge in [-0.15, -0.1) is 11.6 Å². The fourth-order valence-electron chi connectivity index (χ4n) is 3.48. The van der Waals surface area contributed by atoms with E-state index in [2.05, 4.69) is 19.0 Å². The van der Waals surface area contributed by atoms with E-state index in [1.807, 2.05) is 35.2 Å². The molecule has 0 heterocycles. The first-order valence-corrected chi connectivity index (χ1v) is 8.78. The summed E-state index contributed by atoms with van der Waals surface area (Å²) in [5.74, 6) is 0.515. The molecule has 1 amide bonds. The molecule has 1 aromatic rings. The summed E-state index contributed by atoms with van der Waals surface area (Å²) in [4.78, 5) is 17.0. The van der Waals surface area contributed by atoms with Crippen LogP contribution < -0.4 is 4.90 Å². The Bertz CT molecular complexity index is 463. The fraction of sp³-hybridized carbons (Fsp3) is 0.611. The zero-order valence-electron chi connectivity index (χ0n) is 13.7. The highest BCUT2D eigenvalue weighted by Gasteiger charge is 2.33. The normalized spacial score (nSPS) is 22.4. The second-order valence-corrected chi connectivity index (χ2v) is 6.65. The molecule has 22 heavy (non-hydrogen) atoms. The zero-order valence-corrected chi connectivity index (χ0v) is 14.4. The molecule has 4 heteroatoms. The molecular formula is C18H27ClN2O. The lowest BCUT2D eigenvalue weighted by atomic mass is 9.98. The van der Waals surface area contributed by atoms with Crippen LogP contribution in [0.25, 0.3) is 0 Å². The monoisotopic (exact) mass is 322 g/mol. The van der Waals surface area contributed by atoms with Crippen LogP contribution in [0.4, 0.5) is 5.69 Å². The number of para-hydroxylation sites is 1. The van der Waals surface area contributed by atoms with Crippen LogP contribution in [-0.2, 0) is 4.79 Å². The predicted molar refractivity (Wildman–Crippen MR) is 93.6 cm³/mol. The Morgan fingerprint density at radius 3 is 2.32 bits per heavy atom. The van der Waals surface area contributed by atoms with E-state index in [-0.39, 0.29) is 11.9 Å². The minimum atomic E-state index is 0.139. The second kappa shape index (κ2) is 8.54. The summed E-state index contributed by atoms with van der Waals surface area (Å²) >= 11 is 5.84. The quantitative estimate of drug-likeness (QED) is 0.606. The summed E-state index contributed by atoms with van der Waals surface area (Å²) in [5.41, 5.74) is 0.997. The summed E-state index contributed by atoms with van der Waals surface area (Å²) in [7, 11) is 4.25. The molecule has 122 valence electrons. The van der Waals surface area contributed by atoms with Crippen LogP contribution in [0, 0.1) is 0 Å². The van der Waals surface area contributed by atoms with Crippen LogP contribution in [0.15, 0.2) is 30.3 Å². The van der Waals surface area contributed by atoms with Crippen LogP contribution in [-0.4, -0.2) is 42.9 Å². The van der Waals surface area contributed by atoms with E-state index in [1.165, 1.54) is 19.3 Å². The molecule has 0 aliphatic heterocycles. The second-order valence-electron chi connectivity index (χ2n) is 6.27. The molecule has 0 saturated heterocycles. The number of anilines is 1. The number of hydrogen-bond acceptors (Lipinski definition) is 2. The first kappa shape index (κ1) is 17.3. The lowest BCUT2D eigenvalue weighted by Crippen LogP contribution is -2.52. The summed E-state index contributed by atoms with van der Waals surface area (Å²) in [6, 6.07) is 10.7. The molecular weight excluding hydrogens is 296 g/mol. The maximum atomic E-state index is 12.7. The van der Waals surface area contributed by atoms with Crippen molar-refractivity contribution in [2.45, 2.75) is 50.6 Å². The molecule has 3 nitrogen and oxygen atoms in total. The van der Waals surface area contributed by atoms with Gasteiger partial charge in [-0.3, -0.25) is 4.79 Å². The van der Waals surface area contributed by atoms with Crippen molar-refractivity contribution in [3.63, 3.8) is 0 Å². The number of carbonyl (C=O) groups excluding carboxylic acids is 1. The van der Waals surface area contributed by atoms with Crippen molar-refractivity contribution in [3.05, 3.63) is 30.3 Å². The van der Waals surface area contributed by atoms with Crippen LogP contribution in [0.2, 0.25) is 0 Å². The molecule has 1 saturated carbocycles. The predicted octanol–water partition coefficient (Wildman–Crippen LogP) is 3.91. The first-order valence-electron chi connectivity index (χ1n) is 8.24. The third-order valence-corrected chi connectivity index (χ3v) is 4.74. The fourth-order valence-corrected chi connectivity index (χ4v) is 3.64. The molecule has 0 spiro atoms. The van der Waals surface area contributed by atoms with Crippen molar-refractivity contribution < 1.29 is 4.79 Å². The molecule has 0 N–H and O–H groups in total. The third-order valence-electron chi connectivity index (χ3n) is 4.55. The number of benzene rings is 1. The van der Waals surface area contributed by atoms with Gasteiger partial charge in [0.1, 0.15) is 0 Å². The van der Waals surface area contributed by atoms with Crippen molar-refractivity contribution in [1.82, 2.24) is 4.90 Å². The lowest BCUT2D eigenvalue weighted by Gasteiger charge is -2.39. The summed E-state index contributed by atoms with van der Waals surface area (Å²) < 4.78 is 0. The number of amides is 1. The van der Waals surface area contributed by atoms with Gasteiger partial charge < -0.3 is 9.80 Å². The van der Waals surface area contributed by atoms with Gasteiger partial charge in [0.2, 0.25) is 5.91 Å². The van der Waals surface area contributed by atoms with Gasteiger partial charge in [-0.05, 0) is 39.1 Å². The van der Waals surface area contributed by atoms with E-state index in [0.717, 1.165) is 18.5 Å². The van der Waals surface area contributed by atoms with E-state index in [1.54, 1.807) is 0 Å². The molecule has 0 radical (unpaired) electrons. The smallest absolute Gasteiger partial charge is 0.228 e. The maximum absolute atomic E-state index is 12.7. The van der Waals surface area contributed by atoms with Crippen molar-refractivity contribution in [2.24, 2.45) is 0 Å². The van der Waals surface area contributed by atoms with E-state index in [0.29, 0.717) is 18.3 Å². The molecule has 1 aliphatic rings. The Morgan fingerprint density at radius 1 is 1.09 bits per heavy atom. The average molecular weight is 323 g/mol. The number of hydrogen-bond donors (Lipinski definition) is 0. The standard InChI is InChI=1S/C18H27ClN2O/c1-20(2)16-11-7-4-8-12-17(16)21(18(22)13-14-19)15-9-5-3-6-10-15/h3,5-6,9-10,16-17H,4,7-8,11-14H2,1-2H3/t16-,17-/m1/s1. The molecule has 1 fully saturated rings. The minimum absolute atomic E-state index is 0.139. The SMILES string of the molecule is CN(C)[C@@H]1CCCCC[C@H]1N(C(=O)CCCl)c1ccccc1. The van der Waals surface area contributed by atoms with Gasteiger partial charge in [0, 0.05) is 24.0 Å². The van der Waals surface area contributed by atoms with Gasteiger partial charge in [-0.25, -0.2) is 0 Å². The summed E-state index contributed by atoms with van der Waals surface area (Å²) in [5, 5.41) is 0. The van der Waals surface area contributed by atoms with E-state index < -0.39 is 0 Å². The van der Waals surface area contributed by atoms with Crippen LogP contribution >= 0.6 is 11.6 Å².